The average Bonchev–Trinajstić information content (AvgIpc) is 2.95. The quantitative estimate of drug-likeness (QED) is 0.915. The third kappa shape index (κ3) is 3.84. The topological polar surface area (TPSA) is 63.1 Å². The van der Waals surface area contributed by atoms with Crippen molar-refractivity contribution < 1.29 is 4.79 Å². The Morgan fingerprint density at radius 3 is 2.55 bits per heavy atom. The molecule has 0 atom stereocenters. The lowest BCUT2D eigenvalue weighted by Gasteiger charge is -2.32. The van der Waals surface area contributed by atoms with Gasteiger partial charge in [0.15, 0.2) is 5.69 Å². The molecular formula is C15H20ClN5O. The molecule has 0 radical (unpaired) electrons. The zero-order valence-corrected chi connectivity index (χ0v) is 13.9. The number of hydrogen-bond donors (Lipinski definition) is 1. The largest absolute Gasteiger partial charge is 0.349 e. The molecular weight excluding hydrogens is 302 g/mol. The van der Waals surface area contributed by atoms with Gasteiger partial charge < -0.3 is 10.2 Å². The fourth-order valence-corrected chi connectivity index (χ4v) is 1.76. The first-order valence-electron chi connectivity index (χ1n) is 6.93. The number of nitrogens with one attached hydrogen (secondary N) is 1. The third-order valence-electron chi connectivity index (χ3n) is 3.71. The van der Waals surface area contributed by atoms with E-state index in [1.165, 1.54) is 0 Å². The highest BCUT2D eigenvalue weighted by Crippen LogP contribution is 2.13. The van der Waals surface area contributed by atoms with Gasteiger partial charge in [0.25, 0.3) is 5.91 Å². The number of hydrogen-bond acceptors (Lipinski definition) is 4. The lowest BCUT2D eigenvalue weighted by Crippen LogP contribution is -2.48. The second-order valence-electron chi connectivity index (χ2n) is 5.91. The number of carbonyl (C=O) groups excluding carboxylic acids is 1. The van der Waals surface area contributed by atoms with E-state index in [1.54, 1.807) is 23.0 Å². The second-order valence-corrected chi connectivity index (χ2v) is 6.35. The Morgan fingerprint density at radius 2 is 1.95 bits per heavy atom. The van der Waals surface area contributed by atoms with Crippen LogP contribution in [-0.4, -0.2) is 52.0 Å². The second kappa shape index (κ2) is 6.46. The van der Waals surface area contributed by atoms with Crippen molar-refractivity contribution in [3.63, 3.8) is 0 Å². The number of carbonyl (C=O) groups is 1. The summed E-state index contributed by atoms with van der Waals surface area (Å²) in [6.45, 7) is 4.63. The lowest BCUT2D eigenvalue weighted by molar-refractivity contribution is 0.0914. The zero-order valence-electron chi connectivity index (χ0n) is 13.2. The molecule has 22 heavy (non-hydrogen) atoms. The summed E-state index contributed by atoms with van der Waals surface area (Å²) in [6.07, 6.45) is 1.60. The summed E-state index contributed by atoms with van der Waals surface area (Å²) in [5.41, 5.74) is 0.941. The van der Waals surface area contributed by atoms with Gasteiger partial charge in [0.2, 0.25) is 0 Å². The van der Waals surface area contributed by atoms with Gasteiger partial charge in [0, 0.05) is 17.1 Å². The first-order valence-corrected chi connectivity index (χ1v) is 7.31. The van der Waals surface area contributed by atoms with E-state index < -0.39 is 0 Å². The van der Waals surface area contributed by atoms with Gasteiger partial charge in [-0.05, 0) is 52.2 Å². The maximum atomic E-state index is 12.1. The van der Waals surface area contributed by atoms with E-state index in [1.807, 2.05) is 26.2 Å². The van der Waals surface area contributed by atoms with E-state index in [-0.39, 0.29) is 17.1 Å². The minimum absolute atomic E-state index is 0.137. The minimum atomic E-state index is -0.241. The van der Waals surface area contributed by atoms with E-state index in [9.17, 15) is 4.79 Å². The Labute approximate surface area is 135 Å². The smallest absolute Gasteiger partial charge is 0.273 e. The molecule has 0 bridgehead atoms. The van der Waals surface area contributed by atoms with E-state index in [0.29, 0.717) is 11.6 Å². The van der Waals surface area contributed by atoms with Crippen molar-refractivity contribution in [1.29, 1.82) is 0 Å². The summed E-state index contributed by atoms with van der Waals surface area (Å²) in [6, 6.07) is 7.15. The van der Waals surface area contributed by atoms with Crippen LogP contribution in [0.2, 0.25) is 5.02 Å². The predicted octanol–water partition coefficient (Wildman–Crippen LogP) is 1.99. The Bertz CT molecular complexity index is 648. The molecule has 0 aliphatic rings. The van der Waals surface area contributed by atoms with Crippen LogP contribution in [0.25, 0.3) is 5.69 Å². The number of rotatable bonds is 5. The molecule has 0 aliphatic heterocycles. The molecule has 7 heteroatoms. The first-order chi connectivity index (χ1) is 10.3. The molecule has 1 aromatic heterocycles. The summed E-state index contributed by atoms with van der Waals surface area (Å²) in [7, 11) is 3.95. The van der Waals surface area contributed by atoms with Crippen LogP contribution in [0.3, 0.4) is 0 Å². The summed E-state index contributed by atoms with van der Waals surface area (Å²) >= 11 is 5.85. The molecule has 1 heterocycles. The standard InChI is InChI=1S/C15H20ClN5O/c1-15(2,20(3)4)10-17-14(22)13-9-21(19-18-13)12-7-5-11(16)6-8-12/h5-9H,10H2,1-4H3,(H,17,22). The molecule has 0 spiro atoms. The maximum Gasteiger partial charge on any atom is 0.273 e. The molecule has 0 saturated carbocycles. The molecule has 0 aliphatic carbocycles. The number of benzene rings is 1. The van der Waals surface area contributed by atoms with Crippen LogP contribution in [0.15, 0.2) is 30.5 Å². The van der Waals surface area contributed by atoms with Crippen LogP contribution in [0.4, 0.5) is 0 Å². The SMILES string of the molecule is CN(C)C(C)(C)CNC(=O)c1cn(-c2ccc(Cl)cc2)nn1. The van der Waals surface area contributed by atoms with Crippen molar-refractivity contribution in [1.82, 2.24) is 25.2 Å². The van der Waals surface area contributed by atoms with E-state index in [4.69, 9.17) is 11.6 Å². The number of aromatic nitrogens is 3. The van der Waals surface area contributed by atoms with E-state index in [0.717, 1.165) is 5.69 Å². The van der Waals surface area contributed by atoms with Crippen LogP contribution in [0.1, 0.15) is 24.3 Å². The first kappa shape index (κ1) is 16.5. The molecule has 0 unspecified atom stereocenters. The number of nitrogens with zero attached hydrogens (tertiary/aromatic N) is 4. The number of likely N-dealkylation sites (N-methyl/N-ethyl adjacent to an activating group) is 1. The van der Waals surface area contributed by atoms with Gasteiger partial charge in [-0.2, -0.15) is 0 Å². The van der Waals surface area contributed by atoms with Gasteiger partial charge >= 0.3 is 0 Å². The fourth-order valence-electron chi connectivity index (χ4n) is 1.63. The summed E-state index contributed by atoms with van der Waals surface area (Å²) in [5, 5.41) is 11.4. The van der Waals surface area contributed by atoms with Crippen LogP contribution in [-0.2, 0) is 0 Å². The third-order valence-corrected chi connectivity index (χ3v) is 3.96. The van der Waals surface area contributed by atoms with Crippen molar-refractivity contribution in [3.8, 4) is 5.69 Å². The maximum absolute atomic E-state index is 12.1. The van der Waals surface area contributed by atoms with Gasteiger partial charge in [-0.15, -0.1) is 5.10 Å². The van der Waals surface area contributed by atoms with Gasteiger partial charge in [-0.25, -0.2) is 4.68 Å². The average molecular weight is 322 g/mol. The highest BCUT2D eigenvalue weighted by molar-refractivity contribution is 6.30. The van der Waals surface area contributed by atoms with Gasteiger partial charge in [-0.1, -0.05) is 16.8 Å². The molecule has 118 valence electrons. The van der Waals surface area contributed by atoms with Gasteiger partial charge in [0.1, 0.15) is 0 Å². The highest BCUT2D eigenvalue weighted by atomic mass is 35.5. The number of halogens is 1. The fraction of sp³-hybridized carbons (Fsp3) is 0.400. The molecule has 0 fully saturated rings. The summed E-state index contributed by atoms with van der Waals surface area (Å²) in [4.78, 5) is 14.2. The molecule has 1 aromatic carbocycles. The Balaban J connectivity index is 2.05. The molecule has 0 saturated heterocycles. The number of amides is 1. The van der Waals surface area contributed by atoms with Gasteiger partial charge in [0.05, 0.1) is 11.9 Å². The predicted molar refractivity (Wildman–Crippen MR) is 86.5 cm³/mol. The van der Waals surface area contributed by atoms with Crippen LogP contribution < -0.4 is 5.32 Å². The van der Waals surface area contributed by atoms with Crippen molar-refractivity contribution in [3.05, 3.63) is 41.2 Å². The summed E-state index contributed by atoms with van der Waals surface area (Å²) in [5.74, 6) is -0.241. The monoisotopic (exact) mass is 321 g/mol. The lowest BCUT2D eigenvalue weighted by atomic mass is 10.0. The van der Waals surface area contributed by atoms with Crippen molar-refractivity contribution in [2.45, 2.75) is 19.4 Å². The minimum Gasteiger partial charge on any atom is -0.349 e. The Morgan fingerprint density at radius 1 is 1.32 bits per heavy atom. The van der Waals surface area contributed by atoms with Crippen molar-refractivity contribution in [2.24, 2.45) is 0 Å². The Kier molecular flexibility index (Phi) is 4.83. The normalized spacial score (nSPS) is 11.7. The summed E-state index contributed by atoms with van der Waals surface area (Å²) < 4.78 is 1.54. The molecule has 1 amide bonds. The van der Waals surface area contributed by atoms with E-state index in [2.05, 4.69) is 34.4 Å². The van der Waals surface area contributed by atoms with Gasteiger partial charge in [-0.3, -0.25) is 4.79 Å². The van der Waals surface area contributed by atoms with Crippen LogP contribution in [0.5, 0.6) is 0 Å². The van der Waals surface area contributed by atoms with Crippen molar-refractivity contribution in [2.75, 3.05) is 20.6 Å². The molecule has 2 aromatic rings. The van der Waals surface area contributed by atoms with E-state index >= 15 is 0 Å². The molecule has 6 nitrogen and oxygen atoms in total. The zero-order chi connectivity index (χ0) is 16.3. The highest BCUT2D eigenvalue weighted by Gasteiger charge is 2.22. The molecule has 2 rings (SSSR count). The van der Waals surface area contributed by atoms with Crippen LogP contribution >= 0.6 is 11.6 Å². The molecule has 1 N–H and O–H groups in total. The van der Waals surface area contributed by atoms with Crippen molar-refractivity contribution >= 4 is 17.5 Å². The van der Waals surface area contributed by atoms with Crippen LogP contribution in [0, 0.1) is 0 Å². The Hall–Kier alpha value is -1.92.